The van der Waals surface area contributed by atoms with Crippen molar-refractivity contribution in [1.29, 1.82) is 0 Å². The predicted molar refractivity (Wildman–Crippen MR) is 123 cm³/mol. The van der Waals surface area contributed by atoms with Gasteiger partial charge in [0.05, 0.1) is 31.4 Å². The Morgan fingerprint density at radius 3 is 2.55 bits per heavy atom. The van der Waals surface area contributed by atoms with E-state index < -0.39 is 23.3 Å². The maximum Gasteiger partial charge on any atom is 0.258 e. The summed E-state index contributed by atoms with van der Waals surface area (Å²) in [4.78, 5) is 45.3. The van der Waals surface area contributed by atoms with Crippen LogP contribution in [-0.2, 0) is 9.59 Å². The van der Waals surface area contributed by atoms with Gasteiger partial charge in [-0.3, -0.25) is 19.4 Å². The molecule has 2 aromatic carbocycles. The number of aryl methyl sites for hydroxylation is 1. The minimum Gasteiger partial charge on any atom is -0.497 e. The van der Waals surface area contributed by atoms with Gasteiger partial charge in [0.2, 0.25) is 17.8 Å². The first-order valence-corrected chi connectivity index (χ1v) is 10.2. The largest absolute Gasteiger partial charge is 0.497 e. The van der Waals surface area contributed by atoms with Gasteiger partial charge < -0.3 is 25.4 Å². The molecule has 4 N–H and O–H groups in total. The molecular formula is C23H23N5O5. The average Bonchev–Trinajstić information content (AvgIpc) is 2.79. The first-order valence-electron chi connectivity index (χ1n) is 10.2. The lowest BCUT2D eigenvalue weighted by atomic mass is 9.92. The Labute approximate surface area is 189 Å². The number of aromatic amines is 1. The molecule has 0 saturated carbocycles. The lowest BCUT2D eigenvalue weighted by Crippen LogP contribution is -2.36. The molecule has 0 saturated heterocycles. The maximum absolute atomic E-state index is 13.1. The van der Waals surface area contributed by atoms with Crippen molar-refractivity contribution in [3.63, 3.8) is 0 Å². The van der Waals surface area contributed by atoms with E-state index in [1.807, 2.05) is 31.2 Å². The van der Waals surface area contributed by atoms with Crippen LogP contribution in [0, 0.1) is 6.92 Å². The Kier molecular flexibility index (Phi) is 5.99. The van der Waals surface area contributed by atoms with Gasteiger partial charge in [0, 0.05) is 18.2 Å². The summed E-state index contributed by atoms with van der Waals surface area (Å²) in [5.74, 6) is -0.868. The van der Waals surface area contributed by atoms with Gasteiger partial charge in [-0.15, -0.1) is 0 Å². The molecule has 0 radical (unpaired) electrons. The zero-order valence-corrected chi connectivity index (χ0v) is 18.3. The van der Waals surface area contributed by atoms with E-state index in [-0.39, 0.29) is 23.8 Å². The lowest BCUT2D eigenvalue weighted by Gasteiger charge is -2.24. The first-order chi connectivity index (χ1) is 15.9. The van der Waals surface area contributed by atoms with Crippen LogP contribution < -0.4 is 31.0 Å². The second-order valence-electron chi connectivity index (χ2n) is 7.53. The van der Waals surface area contributed by atoms with E-state index in [0.717, 1.165) is 5.56 Å². The molecule has 0 bridgehead atoms. The van der Waals surface area contributed by atoms with E-state index >= 15 is 0 Å². The number of methoxy groups -OCH3 is 2. The number of fused-ring (bicyclic) bond motifs is 1. The van der Waals surface area contributed by atoms with Crippen molar-refractivity contribution in [1.82, 2.24) is 9.97 Å². The van der Waals surface area contributed by atoms with Crippen LogP contribution in [0.15, 0.2) is 47.3 Å². The molecule has 10 nitrogen and oxygen atoms in total. The molecule has 10 heteroatoms. The molecule has 1 aliphatic heterocycles. The normalized spacial score (nSPS) is 14.6. The van der Waals surface area contributed by atoms with Crippen LogP contribution in [0.1, 0.15) is 23.5 Å². The number of carbonyl (C=O) groups is 2. The molecule has 2 amide bonds. The summed E-state index contributed by atoms with van der Waals surface area (Å²) in [6.45, 7) is 1.96. The standard InChI is InChI=1S/C23H23N5O5/c1-12-4-6-13(7-5-12)24-23-27-20-19(22(31)28-23)15(11-18(29)26-20)21(30)25-16-10-14(32-2)8-9-17(16)33-3/h4-10,15H,11H2,1-3H3,(H,25,30)(H3,24,26,27,28,29,31). The number of hydrogen-bond donors (Lipinski definition) is 4. The zero-order valence-electron chi connectivity index (χ0n) is 18.3. The summed E-state index contributed by atoms with van der Waals surface area (Å²) in [5, 5.41) is 8.32. The number of H-pyrrole nitrogens is 1. The number of anilines is 4. The molecule has 33 heavy (non-hydrogen) atoms. The van der Waals surface area contributed by atoms with Crippen molar-refractivity contribution >= 4 is 35.0 Å². The van der Waals surface area contributed by atoms with E-state index in [1.54, 1.807) is 18.2 Å². The Bertz CT molecular complexity index is 1270. The van der Waals surface area contributed by atoms with Crippen molar-refractivity contribution < 1.29 is 19.1 Å². The summed E-state index contributed by atoms with van der Waals surface area (Å²) in [6.07, 6.45) is -0.194. The SMILES string of the molecule is COc1ccc(OC)c(NC(=O)C2CC(=O)Nc3nc(Nc4ccc(C)cc4)[nH]c(=O)c32)c1. The molecule has 2 heterocycles. The van der Waals surface area contributed by atoms with Gasteiger partial charge >= 0.3 is 0 Å². The number of nitrogens with one attached hydrogen (secondary N) is 4. The first kappa shape index (κ1) is 21.9. The molecule has 0 aliphatic carbocycles. The molecule has 4 rings (SSSR count). The highest BCUT2D eigenvalue weighted by Gasteiger charge is 2.35. The number of hydrogen-bond acceptors (Lipinski definition) is 7. The lowest BCUT2D eigenvalue weighted by molar-refractivity contribution is -0.123. The number of benzene rings is 2. The summed E-state index contributed by atoms with van der Waals surface area (Å²) >= 11 is 0. The molecule has 0 fully saturated rings. The van der Waals surface area contributed by atoms with E-state index in [2.05, 4.69) is 25.9 Å². The van der Waals surface area contributed by atoms with Crippen molar-refractivity contribution in [2.24, 2.45) is 0 Å². The van der Waals surface area contributed by atoms with Crippen LogP contribution in [0.25, 0.3) is 0 Å². The highest BCUT2D eigenvalue weighted by atomic mass is 16.5. The average molecular weight is 449 g/mol. The molecule has 3 aromatic rings. The molecular weight excluding hydrogens is 426 g/mol. The number of aromatic nitrogens is 2. The third-order valence-corrected chi connectivity index (χ3v) is 5.25. The summed E-state index contributed by atoms with van der Waals surface area (Å²) in [6, 6.07) is 12.4. The summed E-state index contributed by atoms with van der Waals surface area (Å²) in [7, 11) is 2.97. The summed E-state index contributed by atoms with van der Waals surface area (Å²) < 4.78 is 10.5. The van der Waals surface area contributed by atoms with Gasteiger partial charge in [-0.2, -0.15) is 4.98 Å². The summed E-state index contributed by atoms with van der Waals surface area (Å²) in [5.41, 5.74) is 1.72. The number of rotatable bonds is 6. The fraction of sp³-hybridized carbons (Fsp3) is 0.217. The number of ether oxygens (including phenoxy) is 2. The quantitative estimate of drug-likeness (QED) is 0.454. The highest BCUT2D eigenvalue weighted by molar-refractivity contribution is 6.05. The van der Waals surface area contributed by atoms with Crippen molar-refractivity contribution in [3.8, 4) is 11.5 Å². The Balaban J connectivity index is 1.64. The Hall–Kier alpha value is -4.34. The van der Waals surface area contributed by atoms with Crippen LogP contribution in [0.5, 0.6) is 11.5 Å². The van der Waals surface area contributed by atoms with Crippen LogP contribution in [0.4, 0.5) is 23.1 Å². The highest BCUT2D eigenvalue weighted by Crippen LogP contribution is 2.33. The van der Waals surface area contributed by atoms with Gasteiger partial charge in [-0.1, -0.05) is 17.7 Å². The van der Waals surface area contributed by atoms with Gasteiger partial charge in [0.15, 0.2) is 0 Å². The third-order valence-electron chi connectivity index (χ3n) is 5.25. The minimum absolute atomic E-state index is 0.0439. The minimum atomic E-state index is -1.03. The molecule has 1 atom stereocenters. The fourth-order valence-corrected chi connectivity index (χ4v) is 3.56. The van der Waals surface area contributed by atoms with Crippen LogP contribution >= 0.6 is 0 Å². The molecule has 1 unspecified atom stereocenters. The molecule has 1 aliphatic rings. The fourth-order valence-electron chi connectivity index (χ4n) is 3.56. The number of carbonyl (C=O) groups excluding carboxylic acids is 2. The maximum atomic E-state index is 13.1. The van der Waals surface area contributed by atoms with Gasteiger partial charge in [0.1, 0.15) is 17.3 Å². The van der Waals surface area contributed by atoms with E-state index in [4.69, 9.17) is 9.47 Å². The number of amides is 2. The van der Waals surface area contributed by atoms with Crippen LogP contribution in [-0.4, -0.2) is 36.0 Å². The molecule has 1 aromatic heterocycles. The van der Waals surface area contributed by atoms with Crippen LogP contribution in [0.2, 0.25) is 0 Å². The second kappa shape index (κ2) is 9.03. The molecule has 0 spiro atoms. The third kappa shape index (κ3) is 4.64. The van der Waals surface area contributed by atoms with Crippen molar-refractivity contribution in [2.45, 2.75) is 19.3 Å². The monoisotopic (exact) mass is 449 g/mol. The van der Waals surface area contributed by atoms with Gasteiger partial charge in [0.25, 0.3) is 5.56 Å². The second-order valence-corrected chi connectivity index (χ2v) is 7.53. The van der Waals surface area contributed by atoms with E-state index in [0.29, 0.717) is 22.9 Å². The van der Waals surface area contributed by atoms with Crippen molar-refractivity contribution in [2.75, 3.05) is 30.2 Å². The van der Waals surface area contributed by atoms with E-state index in [9.17, 15) is 14.4 Å². The van der Waals surface area contributed by atoms with E-state index in [1.165, 1.54) is 14.2 Å². The predicted octanol–water partition coefficient (Wildman–Crippen LogP) is 2.90. The van der Waals surface area contributed by atoms with Gasteiger partial charge in [-0.25, -0.2) is 0 Å². The Morgan fingerprint density at radius 1 is 1.09 bits per heavy atom. The molecule has 170 valence electrons. The van der Waals surface area contributed by atoms with Crippen molar-refractivity contribution in [3.05, 3.63) is 63.9 Å². The number of nitrogens with zero attached hydrogens (tertiary/aromatic N) is 1. The van der Waals surface area contributed by atoms with Crippen LogP contribution in [0.3, 0.4) is 0 Å². The van der Waals surface area contributed by atoms with Gasteiger partial charge in [-0.05, 0) is 31.2 Å². The smallest absolute Gasteiger partial charge is 0.258 e. The topological polar surface area (TPSA) is 134 Å². The zero-order chi connectivity index (χ0) is 23.5. The Morgan fingerprint density at radius 2 is 1.85 bits per heavy atom.